The standard InChI is InChI=1S/C21H33N3O3/c1-3-26-20-19(8-5-12-22-20)17-9-14-23(15-10-17)18-7-6-13-24(16-11-18)21(25)27-4-2/h5,8,12,17-18H,3-4,6-7,9-11,13-16H2,1-2H3. The van der Waals surface area contributed by atoms with E-state index in [4.69, 9.17) is 9.47 Å². The zero-order chi connectivity index (χ0) is 19.1. The number of hydrogen-bond acceptors (Lipinski definition) is 5. The van der Waals surface area contributed by atoms with Crippen molar-refractivity contribution >= 4 is 6.09 Å². The average Bonchev–Trinajstić information content (AvgIpc) is 2.95. The molecule has 0 aliphatic carbocycles. The highest BCUT2D eigenvalue weighted by Crippen LogP contribution is 2.34. The molecule has 6 heteroatoms. The molecule has 0 saturated carbocycles. The first-order valence-corrected chi connectivity index (χ1v) is 10.5. The normalized spacial score (nSPS) is 22.3. The predicted molar refractivity (Wildman–Crippen MR) is 105 cm³/mol. The summed E-state index contributed by atoms with van der Waals surface area (Å²) < 4.78 is 10.9. The molecule has 1 aromatic heterocycles. The lowest BCUT2D eigenvalue weighted by atomic mass is 9.89. The molecule has 150 valence electrons. The van der Waals surface area contributed by atoms with E-state index in [0.29, 0.717) is 25.2 Å². The number of hydrogen-bond donors (Lipinski definition) is 0. The molecule has 2 aliphatic rings. The fourth-order valence-electron chi connectivity index (χ4n) is 4.39. The Bertz CT molecular complexity index is 602. The summed E-state index contributed by atoms with van der Waals surface area (Å²) in [6, 6.07) is 4.76. The second-order valence-electron chi connectivity index (χ2n) is 7.41. The van der Waals surface area contributed by atoms with Crippen LogP contribution >= 0.6 is 0 Å². The fraction of sp³-hybridized carbons (Fsp3) is 0.714. The molecule has 1 atom stereocenters. The van der Waals surface area contributed by atoms with Crippen LogP contribution in [0.1, 0.15) is 57.4 Å². The lowest BCUT2D eigenvalue weighted by molar-refractivity contribution is 0.105. The first-order valence-electron chi connectivity index (χ1n) is 10.5. The Morgan fingerprint density at radius 2 is 1.93 bits per heavy atom. The Kier molecular flexibility index (Phi) is 7.33. The topological polar surface area (TPSA) is 54.9 Å². The largest absolute Gasteiger partial charge is 0.478 e. The van der Waals surface area contributed by atoms with E-state index >= 15 is 0 Å². The average molecular weight is 376 g/mol. The van der Waals surface area contributed by atoms with Gasteiger partial charge in [0.15, 0.2) is 0 Å². The molecular weight excluding hydrogens is 342 g/mol. The maximum absolute atomic E-state index is 12.0. The molecule has 0 aromatic carbocycles. The number of nitrogens with zero attached hydrogens (tertiary/aromatic N) is 3. The van der Waals surface area contributed by atoms with Crippen LogP contribution in [0.3, 0.4) is 0 Å². The van der Waals surface area contributed by atoms with Gasteiger partial charge in [0.25, 0.3) is 0 Å². The van der Waals surface area contributed by atoms with E-state index in [1.807, 2.05) is 31.0 Å². The van der Waals surface area contributed by atoms with Crippen molar-refractivity contribution in [1.82, 2.24) is 14.8 Å². The summed E-state index contributed by atoms with van der Waals surface area (Å²) in [6.07, 6.45) is 7.20. The number of carbonyl (C=O) groups is 1. The van der Waals surface area contributed by atoms with Gasteiger partial charge in [-0.05, 0) is 71.0 Å². The number of amides is 1. The molecule has 0 N–H and O–H groups in total. The SMILES string of the molecule is CCOC(=O)N1CCCC(N2CCC(c3cccnc3OCC)CC2)CC1. The summed E-state index contributed by atoms with van der Waals surface area (Å²) in [5.74, 6) is 1.33. The van der Waals surface area contributed by atoms with Gasteiger partial charge in [-0.2, -0.15) is 0 Å². The highest BCUT2D eigenvalue weighted by Gasteiger charge is 2.29. The minimum atomic E-state index is -0.156. The Hall–Kier alpha value is -1.82. The highest BCUT2D eigenvalue weighted by atomic mass is 16.6. The summed E-state index contributed by atoms with van der Waals surface area (Å²) in [7, 11) is 0. The molecule has 1 unspecified atom stereocenters. The van der Waals surface area contributed by atoms with Crippen molar-refractivity contribution < 1.29 is 14.3 Å². The summed E-state index contributed by atoms with van der Waals surface area (Å²) >= 11 is 0. The van der Waals surface area contributed by atoms with Gasteiger partial charge in [0.1, 0.15) is 0 Å². The van der Waals surface area contributed by atoms with Gasteiger partial charge in [0, 0.05) is 30.9 Å². The molecular formula is C21H33N3O3. The zero-order valence-electron chi connectivity index (χ0n) is 16.7. The highest BCUT2D eigenvalue weighted by molar-refractivity contribution is 5.67. The molecule has 1 amide bonds. The molecule has 6 nitrogen and oxygen atoms in total. The van der Waals surface area contributed by atoms with Crippen LogP contribution in [-0.2, 0) is 4.74 Å². The summed E-state index contributed by atoms with van der Waals surface area (Å²) in [5.41, 5.74) is 1.26. The first kappa shape index (κ1) is 19.9. The number of likely N-dealkylation sites (tertiary alicyclic amines) is 2. The third kappa shape index (κ3) is 5.12. The van der Waals surface area contributed by atoms with Crippen molar-refractivity contribution in [2.24, 2.45) is 0 Å². The van der Waals surface area contributed by atoms with E-state index in [2.05, 4.69) is 16.0 Å². The molecule has 0 bridgehead atoms. The van der Waals surface area contributed by atoms with Crippen LogP contribution in [-0.4, -0.2) is 66.3 Å². The van der Waals surface area contributed by atoms with Gasteiger partial charge < -0.3 is 19.3 Å². The van der Waals surface area contributed by atoms with Gasteiger partial charge in [-0.1, -0.05) is 6.07 Å². The molecule has 3 rings (SSSR count). The third-order valence-corrected chi connectivity index (χ3v) is 5.79. The van der Waals surface area contributed by atoms with Gasteiger partial charge in [0.05, 0.1) is 13.2 Å². The maximum Gasteiger partial charge on any atom is 0.409 e. The van der Waals surface area contributed by atoms with E-state index in [9.17, 15) is 4.79 Å². The molecule has 2 saturated heterocycles. The van der Waals surface area contributed by atoms with Crippen molar-refractivity contribution in [3.63, 3.8) is 0 Å². The number of pyridine rings is 1. The Morgan fingerprint density at radius 1 is 1.11 bits per heavy atom. The molecule has 3 heterocycles. The number of aromatic nitrogens is 1. The van der Waals surface area contributed by atoms with Crippen LogP contribution in [0.4, 0.5) is 4.79 Å². The van der Waals surface area contributed by atoms with Crippen molar-refractivity contribution in [1.29, 1.82) is 0 Å². The van der Waals surface area contributed by atoms with E-state index in [-0.39, 0.29) is 6.09 Å². The monoisotopic (exact) mass is 375 g/mol. The van der Waals surface area contributed by atoms with Gasteiger partial charge in [-0.15, -0.1) is 0 Å². The van der Waals surface area contributed by atoms with Crippen LogP contribution in [0.5, 0.6) is 5.88 Å². The molecule has 0 spiro atoms. The first-order chi connectivity index (χ1) is 13.2. The fourth-order valence-corrected chi connectivity index (χ4v) is 4.39. The van der Waals surface area contributed by atoms with E-state index < -0.39 is 0 Å². The summed E-state index contributed by atoms with van der Waals surface area (Å²) in [6.45, 7) is 8.81. The predicted octanol–water partition coefficient (Wildman–Crippen LogP) is 3.67. The van der Waals surface area contributed by atoms with Crippen molar-refractivity contribution in [2.75, 3.05) is 39.4 Å². The molecule has 2 aliphatic heterocycles. The number of rotatable bonds is 5. The van der Waals surface area contributed by atoms with Crippen LogP contribution in [0.25, 0.3) is 0 Å². The zero-order valence-corrected chi connectivity index (χ0v) is 16.7. The Labute approximate surface area is 162 Å². The van der Waals surface area contributed by atoms with Crippen molar-refractivity contribution in [3.05, 3.63) is 23.9 Å². The number of ether oxygens (including phenoxy) is 2. The van der Waals surface area contributed by atoms with Gasteiger partial charge in [-0.3, -0.25) is 0 Å². The second-order valence-corrected chi connectivity index (χ2v) is 7.41. The quantitative estimate of drug-likeness (QED) is 0.786. The molecule has 2 fully saturated rings. The Morgan fingerprint density at radius 3 is 2.67 bits per heavy atom. The Balaban J connectivity index is 1.53. The van der Waals surface area contributed by atoms with Gasteiger partial charge in [-0.25, -0.2) is 9.78 Å². The van der Waals surface area contributed by atoms with Gasteiger partial charge in [0.2, 0.25) is 5.88 Å². The van der Waals surface area contributed by atoms with E-state index in [1.54, 1.807) is 0 Å². The van der Waals surface area contributed by atoms with E-state index in [0.717, 1.165) is 64.2 Å². The molecule has 27 heavy (non-hydrogen) atoms. The van der Waals surface area contributed by atoms with E-state index in [1.165, 1.54) is 5.56 Å². The lowest BCUT2D eigenvalue weighted by Crippen LogP contribution is -2.41. The van der Waals surface area contributed by atoms with Crippen LogP contribution in [0.15, 0.2) is 18.3 Å². The van der Waals surface area contributed by atoms with Crippen LogP contribution in [0.2, 0.25) is 0 Å². The smallest absolute Gasteiger partial charge is 0.409 e. The van der Waals surface area contributed by atoms with Crippen molar-refractivity contribution in [3.8, 4) is 5.88 Å². The van der Waals surface area contributed by atoms with Crippen LogP contribution in [0, 0.1) is 0 Å². The summed E-state index contributed by atoms with van der Waals surface area (Å²) in [4.78, 5) is 20.9. The molecule has 0 radical (unpaired) electrons. The number of piperidine rings is 1. The van der Waals surface area contributed by atoms with Crippen molar-refractivity contribution in [2.45, 2.75) is 57.9 Å². The summed E-state index contributed by atoms with van der Waals surface area (Å²) in [5, 5.41) is 0. The minimum Gasteiger partial charge on any atom is -0.478 e. The minimum absolute atomic E-state index is 0.156. The second kappa shape index (κ2) is 9.93. The third-order valence-electron chi connectivity index (χ3n) is 5.79. The van der Waals surface area contributed by atoms with Gasteiger partial charge >= 0.3 is 6.09 Å². The molecule has 1 aromatic rings. The lowest BCUT2D eigenvalue weighted by Gasteiger charge is -2.37. The van der Waals surface area contributed by atoms with Crippen LogP contribution < -0.4 is 4.74 Å². The maximum atomic E-state index is 12.0. The number of carbonyl (C=O) groups excluding carboxylic acids is 1.